The Kier molecular flexibility index (Phi) is 8.04. The van der Waals surface area contributed by atoms with E-state index >= 15 is 0 Å². The predicted molar refractivity (Wildman–Crippen MR) is 156 cm³/mol. The normalized spacial score (nSPS) is 17.3. The highest BCUT2D eigenvalue weighted by Gasteiger charge is 2.22. The molecule has 1 N–H and O–H groups in total. The van der Waals surface area contributed by atoms with Crippen LogP contribution in [0.3, 0.4) is 0 Å². The van der Waals surface area contributed by atoms with Crippen LogP contribution in [0.2, 0.25) is 0 Å². The summed E-state index contributed by atoms with van der Waals surface area (Å²) in [7, 11) is 0. The lowest BCUT2D eigenvalue weighted by atomic mass is 9.78. The fourth-order valence-electron chi connectivity index (χ4n) is 5.98. The van der Waals surface area contributed by atoms with Gasteiger partial charge in [0.1, 0.15) is 0 Å². The van der Waals surface area contributed by atoms with E-state index in [1.165, 1.54) is 64.1 Å². The van der Waals surface area contributed by atoms with Gasteiger partial charge in [-0.25, -0.2) is 0 Å². The van der Waals surface area contributed by atoms with Gasteiger partial charge in [0.25, 0.3) is 0 Å². The molecule has 190 valence electrons. The Morgan fingerprint density at radius 3 is 2.46 bits per heavy atom. The molecule has 2 aromatic carbocycles. The molecule has 0 saturated carbocycles. The topological polar surface area (TPSA) is 28.7 Å². The van der Waals surface area contributed by atoms with Crippen molar-refractivity contribution < 1.29 is 0 Å². The zero-order chi connectivity index (χ0) is 25.6. The summed E-state index contributed by atoms with van der Waals surface area (Å²) in [5, 5.41) is 5.79. The van der Waals surface area contributed by atoms with Crippen LogP contribution < -0.4 is 10.4 Å². The molecule has 0 fully saturated rings. The molecule has 2 aliphatic rings. The first kappa shape index (κ1) is 25.3. The lowest BCUT2D eigenvalue weighted by Crippen LogP contribution is -2.25. The summed E-state index contributed by atoms with van der Waals surface area (Å²) in [5.74, 6) is 1.22. The molecule has 0 radical (unpaired) electrons. The molecule has 0 saturated heterocycles. The monoisotopic (exact) mass is 488 g/mol. The largest absolute Gasteiger partial charge is 0.368 e. The predicted octanol–water partition coefficient (Wildman–Crippen LogP) is 7.04. The van der Waals surface area contributed by atoms with Gasteiger partial charge in [-0.1, -0.05) is 73.9 Å². The van der Waals surface area contributed by atoms with Crippen LogP contribution in [-0.4, -0.2) is 9.97 Å². The molecule has 4 aromatic rings. The third-order valence-corrected chi connectivity index (χ3v) is 7.96. The van der Waals surface area contributed by atoms with Gasteiger partial charge in [0.05, 0.1) is 0 Å². The standard InChI is InChI=1S/C31H35N.C4H5N/c1-4-5-6-23-11-15-29-25(18-23)13-16-30-28-14-7-21(2)17-27(28)19-26(31(29)30)12-10-24-9-8-22(3)32-20-24;1-2-4-5-3-1/h7-9,13-14,16-20,23,26H,4-6,10-12,15H2,1-3H3;1-5H. The Morgan fingerprint density at radius 2 is 1.73 bits per heavy atom. The molecule has 2 unspecified atom stereocenters. The van der Waals surface area contributed by atoms with Gasteiger partial charge < -0.3 is 4.98 Å². The summed E-state index contributed by atoms with van der Waals surface area (Å²) >= 11 is 0. The van der Waals surface area contributed by atoms with Crippen LogP contribution in [0.4, 0.5) is 0 Å². The number of hydrogen-bond donors (Lipinski definition) is 1. The lowest BCUT2D eigenvalue weighted by Gasteiger charge is -2.26. The van der Waals surface area contributed by atoms with Gasteiger partial charge >= 0.3 is 0 Å². The van der Waals surface area contributed by atoms with E-state index in [0.29, 0.717) is 5.92 Å². The smallest absolute Gasteiger partial charge is 0.0372 e. The number of unbranched alkanes of at least 4 members (excludes halogenated alkanes) is 1. The molecule has 2 aromatic heterocycles. The Morgan fingerprint density at radius 1 is 0.892 bits per heavy atom. The summed E-state index contributed by atoms with van der Waals surface area (Å²) in [5.41, 5.74) is 7.00. The van der Waals surface area contributed by atoms with Gasteiger partial charge in [-0.3, -0.25) is 4.98 Å². The molecule has 2 aliphatic carbocycles. The van der Waals surface area contributed by atoms with Crippen molar-refractivity contribution in [1.82, 2.24) is 9.97 Å². The van der Waals surface area contributed by atoms with Crippen molar-refractivity contribution in [2.45, 2.75) is 71.6 Å². The van der Waals surface area contributed by atoms with Crippen molar-refractivity contribution in [2.24, 2.45) is 5.92 Å². The maximum atomic E-state index is 4.52. The summed E-state index contributed by atoms with van der Waals surface area (Å²) in [6, 6.07) is 20.1. The zero-order valence-electron chi connectivity index (χ0n) is 22.6. The minimum atomic E-state index is 0.469. The third-order valence-electron chi connectivity index (χ3n) is 7.96. The Bertz CT molecular complexity index is 1510. The van der Waals surface area contributed by atoms with E-state index in [4.69, 9.17) is 0 Å². The number of aryl methyl sites for hydroxylation is 3. The number of aromatic nitrogens is 2. The number of aromatic amines is 1. The average molecular weight is 489 g/mol. The number of fused-ring (bicyclic) bond motifs is 4. The minimum absolute atomic E-state index is 0.469. The van der Waals surface area contributed by atoms with Gasteiger partial charge in [-0.2, -0.15) is 0 Å². The fourth-order valence-corrected chi connectivity index (χ4v) is 5.98. The molecular weight excluding hydrogens is 448 g/mol. The summed E-state index contributed by atoms with van der Waals surface area (Å²) in [6.07, 6.45) is 19.7. The first-order chi connectivity index (χ1) is 18.1. The zero-order valence-corrected chi connectivity index (χ0v) is 22.6. The third kappa shape index (κ3) is 5.96. The highest BCUT2D eigenvalue weighted by Crippen LogP contribution is 2.32. The highest BCUT2D eigenvalue weighted by molar-refractivity contribution is 5.52. The molecule has 0 spiro atoms. The summed E-state index contributed by atoms with van der Waals surface area (Å²) < 4.78 is 0. The Hall–Kier alpha value is -3.39. The quantitative estimate of drug-likeness (QED) is 0.310. The van der Waals surface area contributed by atoms with E-state index in [2.05, 4.69) is 91.6 Å². The molecule has 0 aliphatic heterocycles. The second-order valence-corrected chi connectivity index (χ2v) is 10.8. The molecule has 2 atom stereocenters. The van der Waals surface area contributed by atoms with Gasteiger partial charge in [0.15, 0.2) is 0 Å². The maximum Gasteiger partial charge on any atom is 0.0372 e. The summed E-state index contributed by atoms with van der Waals surface area (Å²) in [4.78, 5) is 7.38. The van der Waals surface area contributed by atoms with Crippen molar-refractivity contribution in [3.63, 3.8) is 0 Å². The SMILES string of the molecule is CCCCC1C=c2ccc3c(c2CC1)C(CCc1ccc(C)nc1)C=c1cc(C)ccc1=3.c1cc[nH]c1. The van der Waals surface area contributed by atoms with Crippen molar-refractivity contribution in [2.75, 3.05) is 0 Å². The van der Waals surface area contributed by atoms with Crippen LogP contribution in [0.25, 0.3) is 12.2 Å². The average Bonchev–Trinajstić information content (AvgIpc) is 3.51. The van der Waals surface area contributed by atoms with Crippen LogP contribution in [0, 0.1) is 30.2 Å². The van der Waals surface area contributed by atoms with E-state index in [1.807, 2.05) is 24.5 Å². The van der Waals surface area contributed by atoms with Gasteiger partial charge in [-0.05, 0) is 108 Å². The van der Waals surface area contributed by atoms with Crippen LogP contribution in [0.15, 0.2) is 73.2 Å². The first-order valence-corrected chi connectivity index (χ1v) is 14.1. The number of nitrogens with one attached hydrogen (secondary N) is 1. The van der Waals surface area contributed by atoms with E-state index < -0.39 is 0 Å². The molecule has 0 bridgehead atoms. The number of nitrogens with zero attached hydrogens (tertiary/aromatic N) is 1. The number of pyridine rings is 1. The molecule has 2 nitrogen and oxygen atoms in total. The molecular formula is C35H40N2. The second-order valence-electron chi connectivity index (χ2n) is 10.8. The number of rotatable bonds is 6. The van der Waals surface area contributed by atoms with E-state index in [9.17, 15) is 0 Å². The Balaban J connectivity index is 0.000000503. The van der Waals surface area contributed by atoms with Crippen LogP contribution >= 0.6 is 0 Å². The van der Waals surface area contributed by atoms with Gasteiger partial charge in [0, 0.05) is 30.2 Å². The van der Waals surface area contributed by atoms with Crippen molar-refractivity contribution in [3.05, 3.63) is 122 Å². The van der Waals surface area contributed by atoms with Crippen LogP contribution in [0.1, 0.15) is 72.9 Å². The van der Waals surface area contributed by atoms with Crippen LogP contribution in [-0.2, 0) is 12.8 Å². The number of H-pyrrole nitrogens is 1. The van der Waals surface area contributed by atoms with Gasteiger partial charge in [-0.15, -0.1) is 0 Å². The highest BCUT2D eigenvalue weighted by atomic mass is 14.7. The Labute approximate surface area is 221 Å². The molecule has 37 heavy (non-hydrogen) atoms. The molecule has 6 rings (SSSR count). The van der Waals surface area contributed by atoms with E-state index in [1.54, 1.807) is 11.1 Å². The molecule has 2 heteroatoms. The lowest BCUT2D eigenvalue weighted by molar-refractivity contribution is 0.529. The second kappa shape index (κ2) is 11.8. The van der Waals surface area contributed by atoms with Crippen molar-refractivity contribution >= 4 is 12.2 Å². The maximum absolute atomic E-state index is 4.52. The van der Waals surface area contributed by atoms with Crippen molar-refractivity contribution in [3.8, 4) is 0 Å². The summed E-state index contributed by atoms with van der Waals surface area (Å²) in [6.45, 7) is 6.57. The molecule has 2 heterocycles. The fraction of sp³-hybridized carbons (Fsp3) is 0.343. The first-order valence-electron chi connectivity index (χ1n) is 14.1. The minimum Gasteiger partial charge on any atom is -0.368 e. The van der Waals surface area contributed by atoms with Crippen molar-refractivity contribution in [1.29, 1.82) is 0 Å². The number of hydrogen-bond acceptors (Lipinski definition) is 1. The van der Waals surface area contributed by atoms with Crippen LogP contribution in [0.5, 0.6) is 0 Å². The molecule has 0 amide bonds. The van der Waals surface area contributed by atoms with E-state index in [0.717, 1.165) is 24.5 Å². The van der Waals surface area contributed by atoms with Gasteiger partial charge in [0.2, 0.25) is 0 Å². The van der Waals surface area contributed by atoms with E-state index in [-0.39, 0.29) is 0 Å². The number of benzene rings is 2.